The molecule has 15 heavy (non-hydrogen) atoms. The fourth-order valence-corrected chi connectivity index (χ4v) is 3.09. The van der Waals surface area contributed by atoms with E-state index in [4.69, 9.17) is 0 Å². The molecule has 2 aromatic heterocycles. The van der Waals surface area contributed by atoms with Crippen molar-refractivity contribution in [2.75, 3.05) is 0 Å². The number of nitroso groups, excluding NO2 is 1. The number of amides is 1. The van der Waals surface area contributed by atoms with Crippen molar-refractivity contribution in [1.29, 1.82) is 0 Å². The van der Waals surface area contributed by atoms with Gasteiger partial charge in [0.1, 0.15) is 5.92 Å². The van der Waals surface area contributed by atoms with Crippen molar-refractivity contribution in [1.82, 2.24) is 0 Å². The van der Waals surface area contributed by atoms with E-state index in [9.17, 15) is 9.70 Å². The number of hydrogen-bond donors (Lipinski definition) is 0. The van der Waals surface area contributed by atoms with Crippen LogP contribution in [0, 0.1) is 4.91 Å². The molecule has 76 valence electrons. The van der Waals surface area contributed by atoms with Crippen LogP contribution in [0.1, 0.15) is 15.7 Å². The van der Waals surface area contributed by atoms with Crippen molar-refractivity contribution in [2.24, 2.45) is 5.18 Å². The van der Waals surface area contributed by atoms with E-state index in [-0.39, 0.29) is 0 Å². The molecular weight excluding hydrogens is 230 g/mol. The average molecular weight is 237 g/mol. The largest absolute Gasteiger partial charge is 0.299 e. The molecule has 0 unspecified atom stereocenters. The second kappa shape index (κ2) is 4.46. The Hall–Kier alpha value is -1.33. The maximum Gasteiger partial charge on any atom is 0.299 e. The molecule has 0 radical (unpaired) electrons. The van der Waals surface area contributed by atoms with Gasteiger partial charge in [-0.05, 0) is 22.9 Å². The van der Waals surface area contributed by atoms with Crippen molar-refractivity contribution in [3.8, 4) is 0 Å². The van der Waals surface area contributed by atoms with E-state index in [1.54, 1.807) is 0 Å². The highest BCUT2D eigenvalue weighted by molar-refractivity contribution is 7.11. The Morgan fingerprint density at radius 2 is 1.67 bits per heavy atom. The second-order valence-electron chi connectivity index (χ2n) is 2.89. The maximum atomic E-state index is 11.4. The normalized spacial score (nSPS) is 10.5. The molecule has 0 aliphatic rings. The minimum absolute atomic E-state index is 0.512. The SMILES string of the molecule is O=NC(=O)C(c1cccs1)c1cccs1. The third-order valence-electron chi connectivity index (χ3n) is 1.99. The third-order valence-corrected chi connectivity index (χ3v) is 3.87. The molecule has 2 aromatic rings. The first-order valence-corrected chi connectivity index (χ1v) is 6.03. The van der Waals surface area contributed by atoms with Crippen molar-refractivity contribution in [3.05, 3.63) is 49.7 Å². The van der Waals surface area contributed by atoms with Gasteiger partial charge in [-0.1, -0.05) is 12.1 Å². The van der Waals surface area contributed by atoms with Crippen LogP contribution in [-0.4, -0.2) is 5.91 Å². The van der Waals surface area contributed by atoms with Gasteiger partial charge in [0.25, 0.3) is 5.91 Å². The van der Waals surface area contributed by atoms with Crippen LogP contribution in [0.3, 0.4) is 0 Å². The molecule has 0 fully saturated rings. The maximum absolute atomic E-state index is 11.4. The summed E-state index contributed by atoms with van der Waals surface area (Å²) in [7, 11) is 0. The van der Waals surface area contributed by atoms with Gasteiger partial charge in [-0.2, -0.15) is 0 Å². The summed E-state index contributed by atoms with van der Waals surface area (Å²) in [6.45, 7) is 0. The lowest BCUT2D eigenvalue weighted by Gasteiger charge is -2.06. The number of thiophene rings is 2. The van der Waals surface area contributed by atoms with E-state index in [1.807, 2.05) is 35.0 Å². The second-order valence-corrected chi connectivity index (χ2v) is 4.85. The number of nitrogens with zero attached hydrogens (tertiary/aromatic N) is 1. The number of hydrogen-bond acceptors (Lipinski definition) is 4. The lowest BCUT2D eigenvalue weighted by molar-refractivity contribution is -0.118. The molecule has 0 bridgehead atoms. The van der Waals surface area contributed by atoms with Crippen molar-refractivity contribution in [3.63, 3.8) is 0 Å². The smallest absolute Gasteiger partial charge is 0.268 e. The fraction of sp³-hybridized carbons (Fsp3) is 0.100. The van der Waals surface area contributed by atoms with Gasteiger partial charge in [-0.3, -0.25) is 4.79 Å². The van der Waals surface area contributed by atoms with E-state index in [0.717, 1.165) is 9.75 Å². The molecule has 0 saturated carbocycles. The van der Waals surface area contributed by atoms with Crippen LogP contribution in [-0.2, 0) is 4.79 Å². The van der Waals surface area contributed by atoms with E-state index >= 15 is 0 Å². The Bertz CT molecular complexity index is 413. The summed E-state index contributed by atoms with van der Waals surface area (Å²) < 4.78 is 0. The predicted octanol–water partition coefficient (Wildman–Crippen LogP) is 3.23. The van der Waals surface area contributed by atoms with E-state index in [1.165, 1.54) is 22.7 Å². The predicted molar refractivity (Wildman–Crippen MR) is 61.3 cm³/mol. The first kappa shape index (κ1) is 10.2. The summed E-state index contributed by atoms with van der Waals surface area (Å²) in [6.07, 6.45) is 0. The minimum Gasteiger partial charge on any atom is -0.268 e. The fourth-order valence-electron chi connectivity index (χ4n) is 1.35. The number of carbonyl (C=O) groups is 1. The topological polar surface area (TPSA) is 46.5 Å². The van der Waals surface area contributed by atoms with Crippen LogP contribution in [0.25, 0.3) is 0 Å². The standard InChI is InChI=1S/C10H7NO2S2/c12-10(11-13)9(7-3-1-5-14-7)8-4-2-6-15-8/h1-6,9H. The van der Waals surface area contributed by atoms with Crippen LogP contribution in [0.5, 0.6) is 0 Å². The monoisotopic (exact) mass is 237 g/mol. The zero-order valence-corrected chi connectivity index (χ0v) is 9.25. The summed E-state index contributed by atoms with van der Waals surface area (Å²) in [5.41, 5.74) is 0. The van der Waals surface area contributed by atoms with Crippen molar-refractivity contribution >= 4 is 28.6 Å². The molecule has 0 N–H and O–H groups in total. The Morgan fingerprint density at radius 1 is 1.13 bits per heavy atom. The molecule has 3 nitrogen and oxygen atoms in total. The van der Waals surface area contributed by atoms with Gasteiger partial charge >= 0.3 is 0 Å². The molecule has 0 aliphatic heterocycles. The Balaban J connectivity index is 2.41. The zero-order valence-electron chi connectivity index (χ0n) is 7.62. The van der Waals surface area contributed by atoms with Crippen LogP contribution in [0.2, 0.25) is 0 Å². The van der Waals surface area contributed by atoms with E-state index in [2.05, 4.69) is 5.18 Å². The van der Waals surface area contributed by atoms with Crippen LogP contribution in [0.15, 0.2) is 40.2 Å². The van der Waals surface area contributed by atoms with Crippen LogP contribution < -0.4 is 0 Å². The highest BCUT2D eigenvalue weighted by Gasteiger charge is 2.25. The number of carbonyl (C=O) groups excluding carboxylic acids is 1. The molecule has 0 saturated heterocycles. The summed E-state index contributed by atoms with van der Waals surface area (Å²) in [5.74, 6) is -1.14. The van der Waals surface area contributed by atoms with Gasteiger partial charge in [0, 0.05) is 14.9 Å². The first-order chi connectivity index (χ1) is 7.33. The summed E-state index contributed by atoms with van der Waals surface area (Å²) in [4.78, 5) is 23.5. The van der Waals surface area contributed by atoms with Gasteiger partial charge in [0.2, 0.25) is 0 Å². The molecule has 2 heterocycles. The average Bonchev–Trinajstić information content (AvgIpc) is 2.90. The van der Waals surface area contributed by atoms with Gasteiger partial charge in [-0.15, -0.1) is 27.6 Å². The zero-order chi connectivity index (χ0) is 10.7. The summed E-state index contributed by atoms with van der Waals surface area (Å²) >= 11 is 2.92. The Morgan fingerprint density at radius 3 is 2.00 bits per heavy atom. The molecule has 0 atom stereocenters. The molecule has 0 spiro atoms. The van der Waals surface area contributed by atoms with E-state index in [0.29, 0.717) is 0 Å². The molecule has 0 aromatic carbocycles. The van der Waals surface area contributed by atoms with Crippen molar-refractivity contribution in [2.45, 2.75) is 5.92 Å². The lowest BCUT2D eigenvalue weighted by atomic mass is 10.1. The molecule has 5 heteroatoms. The molecular formula is C10H7NO2S2. The third kappa shape index (κ3) is 2.03. The van der Waals surface area contributed by atoms with Gasteiger partial charge in [0.05, 0.1) is 0 Å². The highest BCUT2D eigenvalue weighted by atomic mass is 32.1. The highest BCUT2D eigenvalue weighted by Crippen LogP contribution is 2.32. The van der Waals surface area contributed by atoms with Gasteiger partial charge in [-0.25, -0.2) is 0 Å². The van der Waals surface area contributed by atoms with E-state index < -0.39 is 11.8 Å². The minimum atomic E-state index is -0.625. The summed E-state index contributed by atoms with van der Waals surface area (Å²) in [6, 6.07) is 7.41. The lowest BCUT2D eigenvalue weighted by Crippen LogP contribution is -2.08. The Labute approximate surface area is 94.4 Å². The van der Waals surface area contributed by atoms with Crippen LogP contribution in [0.4, 0.5) is 0 Å². The number of rotatable bonds is 3. The molecule has 0 aliphatic carbocycles. The summed E-state index contributed by atoms with van der Waals surface area (Å²) in [5, 5.41) is 6.29. The van der Waals surface area contributed by atoms with Gasteiger partial charge < -0.3 is 0 Å². The van der Waals surface area contributed by atoms with Crippen LogP contribution >= 0.6 is 22.7 Å². The molecule has 1 amide bonds. The quantitative estimate of drug-likeness (QED) is 0.769. The van der Waals surface area contributed by atoms with Gasteiger partial charge in [0.15, 0.2) is 0 Å². The Kier molecular flexibility index (Phi) is 3.03. The first-order valence-electron chi connectivity index (χ1n) is 4.27. The van der Waals surface area contributed by atoms with Crippen molar-refractivity contribution < 1.29 is 4.79 Å². The molecule has 2 rings (SSSR count).